The molecule has 1 saturated carbocycles. The highest BCUT2D eigenvalue weighted by molar-refractivity contribution is 5.82. The third kappa shape index (κ3) is 4.70. The summed E-state index contributed by atoms with van der Waals surface area (Å²) in [6.07, 6.45) is 5.65. The van der Waals surface area contributed by atoms with Gasteiger partial charge in [0.1, 0.15) is 6.04 Å². The molecule has 6 nitrogen and oxygen atoms in total. The van der Waals surface area contributed by atoms with E-state index in [2.05, 4.69) is 17.6 Å². The van der Waals surface area contributed by atoms with Crippen molar-refractivity contribution in [1.29, 1.82) is 0 Å². The fourth-order valence-electron chi connectivity index (χ4n) is 2.64. The Hall–Kier alpha value is -1.30. The lowest BCUT2D eigenvalue weighted by Gasteiger charge is -2.28. The van der Waals surface area contributed by atoms with Crippen LogP contribution in [0.3, 0.4) is 0 Å². The van der Waals surface area contributed by atoms with Crippen molar-refractivity contribution in [3.63, 3.8) is 0 Å². The van der Waals surface area contributed by atoms with E-state index in [0.717, 1.165) is 19.3 Å². The molecule has 110 valence electrons. The van der Waals surface area contributed by atoms with Crippen LogP contribution in [0.15, 0.2) is 0 Å². The average Bonchev–Trinajstić information content (AvgIpc) is 2.85. The van der Waals surface area contributed by atoms with Gasteiger partial charge in [-0.2, -0.15) is 0 Å². The first-order valence-corrected chi connectivity index (χ1v) is 6.91. The van der Waals surface area contributed by atoms with Crippen LogP contribution >= 0.6 is 0 Å². The third-order valence-corrected chi connectivity index (χ3v) is 4.06. The first-order valence-electron chi connectivity index (χ1n) is 6.91. The average molecular weight is 272 g/mol. The number of aliphatic hydroxyl groups excluding tert-OH is 1. The number of carboxylic acids is 1. The van der Waals surface area contributed by atoms with Gasteiger partial charge in [-0.15, -0.1) is 0 Å². The predicted molar refractivity (Wildman–Crippen MR) is 70.9 cm³/mol. The monoisotopic (exact) mass is 272 g/mol. The zero-order valence-electron chi connectivity index (χ0n) is 11.4. The van der Waals surface area contributed by atoms with Crippen molar-refractivity contribution >= 4 is 12.0 Å². The number of rotatable bonds is 7. The number of urea groups is 1. The minimum absolute atomic E-state index is 0.0155. The smallest absolute Gasteiger partial charge is 0.326 e. The second kappa shape index (κ2) is 7.33. The lowest BCUT2D eigenvalue weighted by Crippen LogP contribution is -2.48. The Bertz CT molecular complexity index is 314. The van der Waals surface area contributed by atoms with Gasteiger partial charge in [0.25, 0.3) is 0 Å². The molecule has 1 atom stereocenters. The van der Waals surface area contributed by atoms with Crippen LogP contribution in [0.5, 0.6) is 0 Å². The molecule has 1 aliphatic rings. The summed E-state index contributed by atoms with van der Waals surface area (Å²) in [4.78, 5) is 22.5. The highest BCUT2D eigenvalue weighted by atomic mass is 16.4. The number of aliphatic carboxylic acids is 1. The zero-order valence-corrected chi connectivity index (χ0v) is 11.4. The van der Waals surface area contributed by atoms with E-state index in [-0.39, 0.29) is 18.4 Å². The number of nitrogens with one attached hydrogen (secondary N) is 2. The molecule has 0 saturated heterocycles. The summed E-state index contributed by atoms with van der Waals surface area (Å²) in [7, 11) is 0. The van der Waals surface area contributed by atoms with Crippen LogP contribution in [0.25, 0.3) is 0 Å². The summed E-state index contributed by atoms with van der Waals surface area (Å²) in [6, 6.07) is -1.51. The summed E-state index contributed by atoms with van der Waals surface area (Å²) in [5.74, 6) is -1.13. The SMILES string of the molecule is CCC1(CNC(=O)N[C@H](CCO)C(=O)O)CCCC1. The molecule has 1 aliphatic carbocycles. The van der Waals surface area contributed by atoms with E-state index in [1.807, 2.05) is 0 Å². The lowest BCUT2D eigenvalue weighted by atomic mass is 9.83. The molecule has 0 aromatic carbocycles. The van der Waals surface area contributed by atoms with Crippen molar-refractivity contribution in [2.45, 2.75) is 51.5 Å². The normalized spacial score (nSPS) is 18.8. The van der Waals surface area contributed by atoms with Gasteiger partial charge in [0.2, 0.25) is 0 Å². The molecular weight excluding hydrogens is 248 g/mol. The third-order valence-electron chi connectivity index (χ3n) is 4.06. The van der Waals surface area contributed by atoms with Gasteiger partial charge in [-0.05, 0) is 24.7 Å². The van der Waals surface area contributed by atoms with Crippen LogP contribution in [-0.2, 0) is 4.79 Å². The van der Waals surface area contributed by atoms with E-state index < -0.39 is 18.0 Å². The van der Waals surface area contributed by atoms with Gasteiger partial charge < -0.3 is 20.8 Å². The molecule has 0 unspecified atom stereocenters. The summed E-state index contributed by atoms with van der Waals surface area (Å²) >= 11 is 0. The van der Waals surface area contributed by atoms with Gasteiger partial charge in [-0.25, -0.2) is 9.59 Å². The molecule has 6 heteroatoms. The van der Waals surface area contributed by atoms with Crippen LogP contribution in [-0.4, -0.2) is 41.4 Å². The number of carboxylic acid groups (broad SMARTS) is 1. The number of aliphatic hydroxyl groups is 1. The Morgan fingerprint density at radius 2 is 1.95 bits per heavy atom. The van der Waals surface area contributed by atoms with Crippen molar-refractivity contribution in [1.82, 2.24) is 10.6 Å². The van der Waals surface area contributed by atoms with E-state index in [4.69, 9.17) is 10.2 Å². The van der Waals surface area contributed by atoms with Crippen molar-refractivity contribution in [3.05, 3.63) is 0 Å². The number of amides is 2. The van der Waals surface area contributed by atoms with Gasteiger partial charge in [0, 0.05) is 19.6 Å². The van der Waals surface area contributed by atoms with E-state index in [1.165, 1.54) is 12.8 Å². The number of carbonyl (C=O) groups excluding carboxylic acids is 1. The molecule has 0 radical (unpaired) electrons. The molecule has 4 N–H and O–H groups in total. The Balaban J connectivity index is 2.39. The largest absolute Gasteiger partial charge is 0.480 e. The summed E-state index contributed by atoms with van der Waals surface area (Å²) in [6.45, 7) is 2.44. The van der Waals surface area contributed by atoms with Gasteiger partial charge in [0.05, 0.1) is 0 Å². The van der Waals surface area contributed by atoms with Gasteiger partial charge >= 0.3 is 12.0 Å². The quantitative estimate of drug-likeness (QED) is 0.557. The predicted octanol–water partition coefficient (Wildman–Crippen LogP) is 1.09. The standard InChI is InChI=1S/C13H24N2O4/c1-2-13(6-3-4-7-13)9-14-12(19)15-10(5-8-16)11(17)18/h10,16H,2-9H2,1H3,(H,17,18)(H2,14,15,19)/t10-/m1/s1. The molecule has 0 aromatic heterocycles. The van der Waals surface area contributed by atoms with Crippen LogP contribution in [0, 0.1) is 5.41 Å². The van der Waals surface area contributed by atoms with Gasteiger partial charge in [-0.3, -0.25) is 0 Å². The van der Waals surface area contributed by atoms with E-state index >= 15 is 0 Å². The molecule has 1 fully saturated rings. The van der Waals surface area contributed by atoms with Crippen molar-refractivity contribution in [2.75, 3.05) is 13.2 Å². The Morgan fingerprint density at radius 1 is 1.32 bits per heavy atom. The topological polar surface area (TPSA) is 98.7 Å². The molecular formula is C13H24N2O4. The fraction of sp³-hybridized carbons (Fsp3) is 0.846. The lowest BCUT2D eigenvalue weighted by molar-refractivity contribution is -0.139. The van der Waals surface area contributed by atoms with E-state index in [9.17, 15) is 9.59 Å². The van der Waals surface area contributed by atoms with Crippen molar-refractivity contribution in [3.8, 4) is 0 Å². The number of carbonyl (C=O) groups is 2. The molecule has 0 bridgehead atoms. The van der Waals surface area contributed by atoms with Crippen LogP contribution in [0.2, 0.25) is 0 Å². The molecule has 0 aromatic rings. The molecule has 2 amide bonds. The molecule has 0 spiro atoms. The van der Waals surface area contributed by atoms with Gasteiger partial charge in [-0.1, -0.05) is 19.8 Å². The maximum atomic E-state index is 11.7. The van der Waals surface area contributed by atoms with E-state index in [1.54, 1.807) is 0 Å². The second-order valence-corrected chi connectivity index (χ2v) is 5.29. The highest BCUT2D eigenvalue weighted by Gasteiger charge is 2.32. The molecule has 0 heterocycles. The summed E-state index contributed by atoms with van der Waals surface area (Å²) < 4.78 is 0. The van der Waals surface area contributed by atoms with Crippen LogP contribution < -0.4 is 10.6 Å². The Labute approximate surface area is 113 Å². The first-order chi connectivity index (χ1) is 9.03. The Kier molecular flexibility index (Phi) is 6.08. The summed E-state index contributed by atoms with van der Waals surface area (Å²) in [5, 5.41) is 22.8. The van der Waals surface area contributed by atoms with Crippen LogP contribution in [0.4, 0.5) is 4.79 Å². The van der Waals surface area contributed by atoms with E-state index in [0.29, 0.717) is 6.54 Å². The Morgan fingerprint density at radius 3 is 2.42 bits per heavy atom. The van der Waals surface area contributed by atoms with Crippen LogP contribution in [0.1, 0.15) is 45.4 Å². The highest BCUT2D eigenvalue weighted by Crippen LogP contribution is 2.40. The maximum absolute atomic E-state index is 11.7. The van der Waals surface area contributed by atoms with Crippen molar-refractivity contribution in [2.24, 2.45) is 5.41 Å². The molecule has 1 rings (SSSR count). The maximum Gasteiger partial charge on any atom is 0.326 e. The van der Waals surface area contributed by atoms with Gasteiger partial charge in [0.15, 0.2) is 0 Å². The minimum atomic E-state index is -1.13. The van der Waals surface area contributed by atoms with Crippen molar-refractivity contribution < 1.29 is 19.8 Å². The first kappa shape index (κ1) is 15.8. The molecule has 0 aliphatic heterocycles. The molecule has 19 heavy (non-hydrogen) atoms. The number of hydrogen-bond acceptors (Lipinski definition) is 3. The second-order valence-electron chi connectivity index (χ2n) is 5.29. The summed E-state index contributed by atoms with van der Waals surface area (Å²) in [5.41, 5.74) is 0.174. The fourth-order valence-corrected chi connectivity index (χ4v) is 2.64. The zero-order chi connectivity index (χ0) is 14.3. The minimum Gasteiger partial charge on any atom is -0.480 e. The number of hydrogen-bond donors (Lipinski definition) is 4.